The number of amides is 1. The van der Waals surface area contributed by atoms with Crippen LogP contribution >= 0.6 is 0 Å². The Morgan fingerprint density at radius 1 is 1.43 bits per heavy atom. The van der Waals surface area contributed by atoms with Crippen LogP contribution in [0.4, 0.5) is 0 Å². The number of carbonyl (C=O) groups is 1. The molecule has 21 heavy (non-hydrogen) atoms. The first kappa shape index (κ1) is 15.8. The number of fused-ring (bicyclic) bond motifs is 1. The second-order valence-electron chi connectivity index (χ2n) is 5.93. The van der Waals surface area contributed by atoms with Gasteiger partial charge in [-0.25, -0.2) is 0 Å². The lowest BCUT2D eigenvalue weighted by Gasteiger charge is -2.24. The Morgan fingerprint density at radius 2 is 2.24 bits per heavy atom. The molecule has 1 N–H and O–H groups in total. The zero-order chi connectivity index (χ0) is 15.1. The first-order valence-electron chi connectivity index (χ1n) is 7.73. The number of benzene rings is 1. The Balaban J connectivity index is 1.66. The third-order valence-corrected chi connectivity index (χ3v) is 3.47. The van der Waals surface area contributed by atoms with Gasteiger partial charge >= 0.3 is 0 Å². The molecule has 0 aliphatic carbocycles. The van der Waals surface area contributed by atoms with Crippen LogP contribution in [0.3, 0.4) is 0 Å². The molecule has 2 rings (SSSR count). The van der Waals surface area contributed by atoms with Gasteiger partial charge in [0.25, 0.3) is 0 Å². The summed E-state index contributed by atoms with van der Waals surface area (Å²) < 4.78 is 11.1. The first-order valence-corrected chi connectivity index (χ1v) is 7.73. The Kier molecular flexibility index (Phi) is 6.05. The molecule has 0 spiro atoms. The molecule has 4 heteroatoms. The van der Waals surface area contributed by atoms with Crippen LogP contribution in [0.15, 0.2) is 24.3 Å². The van der Waals surface area contributed by atoms with Crippen molar-refractivity contribution in [1.29, 1.82) is 0 Å². The first-order chi connectivity index (χ1) is 10.2. The zero-order valence-electron chi connectivity index (χ0n) is 12.9. The van der Waals surface area contributed by atoms with E-state index in [4.69, 9.17) is 9.47 Å². The highest BCUT2D eigenvalue weighted by atomic mass is 16.5. The van der Waals surface area contributed by atoms with E-state index in [0.717, 1.165) is 30.8 Å². The van der Waals surface area contributed by atoms with Crippen molar-refractivity contribution in [3.05, 3.63) is 29.8 Å². The van der Waals surface area contributed by atoms with Gasteiger partial charge in [-0.1, -0.05) is 32.0 Å². The Hall–Kier alpha value is -1.55. The Morgan fingerprint density at radius 3 is 3.05 bits per heavy atom. The molecule has 1 heterocycles. The largest absolute Gasteiger partial charge is 0.492 e. The van der Waals surface area contributed by atoms with Crippen LogP contribution in [0.1, 0.15) is 25.8 Å². The van der Waals surface area contributed by atoms with Crippen LogP contribution < -0.4 is 10.1 Å². The van der Waals surface area contributed by atoms with Crippen LogP contribution in [0, 0.1) is 11.8 Å². The van der Waals surface area contributed by atoms with Gasteiger partial charge < -0.3 is 14.8 Å². The normalized spacial score (nSPS) is 17.2. The fourth-order valence-electron chi connectivity index (χ4n) is 2.35. The summed E-state index contributed by atoms with van der Waals surface area (Å²) in [5.41, 5.74) is 1.11. The summed E-state index contributed by atoms with van der Waals surface area (Å²) in [4.78, 5) is 12.1. The van der Waals surface area contributed by atoms with E-state index in [0.29, 0.717) is 25.7 Å². The summed E-state index contributed by atoms with van der Waals surface area (Å²) in [6, 6.07) is 7.91. The quantitative estimate of drug-likeness (QED) is 0.785. The van der Waals surface area contributed by atoms with Crippen molar-refractivity contribution in [2.45, 2.75) is 26.7 Å². The molecule has 1 amide bonds. The maximum Gasteiger partial charge on any atom is 0.226 e. The number of hydrogen-bond donors (Lipinski definition) is 1. The summed E-state index contributed by atoms with van der Waals surface area (Å²) in [5, 5.41) is 2.97. The van der Waals surface area contributed by atoms with Gasteiger partial charge in [0.2, 0.25) is 5.91 Å². The van der Waals surface area contributed by atoms with E-state index < -0.39 is 0 Å². The van der Waals surface area contributed by atoms with E-state index in [1.807, 2.05) is 24.3 Å². The van der Waals surface area contributed by atoms with E-state index in [1.165, 1.54) is 0 Å². The Labute approximate surface area is 126 Å². The van der Waals surface area contributed by atoms with E-state index in [9.17, 15) is 4.79 Å². The smallest absolute Gasteiger partial charge is 0.226 e. The van der Waals surface area contributed by atoms with Gasteiger partial charge in [0.05, 0.1) is 5.92 Å². The van der Waals surface area contributed by atoms with Crippen molar-refractivity contribution < 1.29 is 14.3 Å². The molecule has 116 valence electrons. The van der Waals surface area contributed by atoms with Gasteiger partial charge in [-0.15, -0.1) is 0 Å². The van der Waals surface area contributed by atoms with Crippen LogP contribution in [0.5, 0.6) is 5.75 Å². The molecular formula is C17H25NO3. The van der Waals surface area contributed by atoms with Gasteiger partial charge in [-0.3, -0.25) is 4.79 Å². The average molecular weight is 291 g/mol. The fourth-order valence-corrected chi connectivity index (χ4v) is 2.35. The van der Waals surface area contributed by atoms with Crippen LogP contribution in [0.25, 0.3) is 0 Å². The molecule has 0 saturated carbocycles. The third kappa shape index (κ3) is 5.05. The Bertz CT molecular complexity index is 459. The molecule has 1 aromatic rings. The van der Waals surface area contributed by atoms with Crippen molar-refractivity contribution >= 4 is 5.91 Å². The van der Waals surface area contributed by atoms with Crippen LogP contribution in [-0.4, -0.2) is 32.3 Å². The zero-order valence-corrected chi connectivity index (χ0v) is 12.9. The molecular weight excluding hydrogens is 266 g/mol. The van der Waals surface area contributed by atoms with E-state index >= 15 is 0 Å². The molecule has 1 atom stereocenters. The molecule has 0 aromatic heterocycles. The third-order valence-electron chi connectivity index (χ3n) is 3.47. The number of carbonyl (C=O) groups excluding carboxylic acids is 1. The highest BCUT2D eigenvalue weighted by molar-refractivity contribution is 5.79. The SMILES string of the molecule is CC(C)COCCCNC(=O)C1COc2ccccc2C1. The molecule has 0 bridgehead atoms. The highest BCUT2D eigenvalue weighted by Gasteiger charge is 2.25. The molecule has 0 radical (unpaired) electrons. The predicted molar refractivity (Wildman–Crippen MR) is 82.4 cm³/mol. The van der Waals surface area contributed by atoms with Gasteiger partial charge in [-0.2, -0.15) is 0 Å². The van der Waals surface area contributed by atoms with E-state index in [2.05, 4.69) is 19.2 Å². The molecule has 0 fully saturated rings. The fraction of sp³-hybridized carbons (Fsp3) is 0.588. The highest BCUT2D eigenvalue weighted by Crippen LogP contribution is 2.26. The van der Waals surface area contributed by atoms with Crippen molar-refractivity contribution in [2.75, 3.05) is 26.4 Å². The number of hydrogen-bond acceptors (Lipinski definition) is 3. The lowest BCUT2D eigenvalue weighted by atomic mass is 9.96. The van der Waals surface area contributed by atoms with Crippen LogP contribution in [0.2, 0.25) is 0 Å². The molecule has 1 aliphatic heterocycles. The standard InChI is InChI=1S/C17H25NO3/c1-13(2)11-20-9-5-8-18-17(19)15-10-14-6-3-4-7-16(14)21-12-15/h3-4,6-7,13,15H,5,8-12H2,1-2H3,(H,18,19). The lowest BCUT2D eigenvalue weighted by molar-refractivity contribution is -0.126. The van der Waals surface area contributed by atoms with Gasteiger partial charge in [-0.05, 0) is 30.4 Å². The topological polar surface area (TPSA) is 47.6 Å². The summed E-state index contributed by atoms with van der Waals surface area (Å²) in [7, 11) is 0. The number of ether oxygens (including phenoxy) is 2. The summed E-state index contributed by atoms with van der Waals surface area (Å²) in [6.07, 6.45) is 1.61. The lowest BCUT2D eigenvalue weighted by Crippen LogP contribution is -2.38. The summed E-state index contributed by atoms with van der Waals surface area (Å²) >= 11 is 0. The molecule has 4 nitrogen and oxygen atoms in total. The second kappa shape index (κ2) is 8.03. The number of para-hydroxylation sites is 1. The summed E-state index contributed by atoms with van der Waals surface area (Å²) in [6.45, 7) is 6.86. The van der Waals surface area contributed by atoms with Crippen molar-refractivity contribution in [1.82, 2.24) is 5.32 Å². The van der Waals surface area contributed by atoms with E-state index in [1.54, 1.807) is 0 Å². The monoisotopic (exact) mass is 291 g/mol. The maximum atomic E-state index is 12.1. The van der Waals surface area contributed by atoms with Gasteiger partial charge in [0.1, 0.15) is 12.4 Å². The second-order valence-corrected chi connectivity index (χ2v) is 5.93. The molecule has 0 saturated heterocycles. The minimum Gasteiger partial charge on any atom is -0.492 e. The van der Waals surface area contributed by atoms with E-state index in [-0.39, 0.29) is 11.8 Å². The van der Waals surface area contributed by atoms with Gasteiger partial charge in [0, 0.05) is 19.8 Å². The molecule has 1 unspecified atom stereocenters. The summed E-state index contributed by atoms with van der Waals surface area (Å²) in [5.74, 6) is 1.45. The molecule has 1 aliphatic rings. The number of nitrogens with one attached hydrogen (secondary N) is 1. The molecule has 1 aromatic carbocycles. The predicted octanol–water partition coefficient (Wildman–Crippen LogP) is 2.42. The minimum absolute atomic E-state index is 0.0772. The van der Waals surface area contributed by atoms with Crippen molar-refractivity contribution in [2.24, 2.45) is 11.8 Å². The van der Waals surface area contributed by atoms with Crippen LogP contribution in [-0.2, 0) is 16.0 Å². The average Bonchev–Trinajstić information content (AvgIpc) is 2.49. The van der Waals surface area contributed by atoms with Crippen molar-refractivity contribution in [3.8, 4) is 5.75 Å². The van der Waals surface area contributed by atoms with Gasteiger partial charge in [0.15, 0.2) is 0 Å². The minimum atomic E-state index is -0.0866. The number of rotatable bonds is 7. The maximum absolute atomic E-state index is 12.1. The van der Waals surface area contributed by atoms with Crippen molar-refractivity contribution in [3.63, 3.8) is 0 Å².